The lowest BCUT2D eigenvalue weighted by Gasteiger charge is -2.25. The highest BCUT2D eigenvalue weighted by Gasteiger charge is 2.22. The molecule has 0 bridgehead atoms. The molecule has 0 radical (unpaired) electrons. The minimum Gasteiger partial charge on any atom is -0.352 e. The third-order valence-corrected chi connectivity index (χ3v) is 5.72. The van der Waals surface area contributed by atoms with E-state index in [0.29, 0.717) is 13.0 Å². The number of carbonyl (C=O) groups is 1. The van der Waals surface area contributed by atoms with Gasteiger partial charge in [0.25, 0.3) is 0 Å². The van der Waals surface area contributed by atoms with E-state index in [-0.39, 0.29) is 18.5 Å². The molecule has 1 aliphatic rings. The van der Waals surface area contributed by atoms with Crippen molar-refractivity contribution in [1.82, 2.24) is 9.62 Å². The van der Waals surface area contributed by atoms with Crippen LogP contribution in [0.3, 0.4) is 0 Å². The zero-order valence-corrected chi connectivity index (χ0v) is 15.2. The van der Waals surface area contributed by atoms with Crippen LogP contribution in [0, 0.1) is 0 Å². The standard InChI is InChI=1S/C18H28N2O3S/c1-24(22,23)20(14-8-11-16-9-4-2-5-10-16)15-18(21)19-17-12-6-3-7-13-17/h2,4-5,9-10,17H,3,6-8,11-15H2,1H3,(H,19,21). The predicted molar refractivity (Wildman–Crippen MR) is 96.2 cm³/mol. The van der Waals surface area contributed by atoms with E-state index in [1.54, 1.807) is 0 Å². The van der Waals surface area contributed by atoms with Crippen LogP contribution in [0.25, 0.3) is 0 Å². The number of aryl methyl sites for hydroxylation is 1. The molecule has 2 rings (SSSR count). The van der Waals surface area contributed by atoms with Crippen LogP contribution in [0.5, 0.6) is 0 Å². The number of hydrogen-bond acceptors (Lipinski definition) is 3. The lowest BCUT2D eigenvalue weighted by molar-refractivity contribution is -0.122. The fourth-order valence-corrected chi connectivity index (χ4v) is 3.96. The largest absolute Gasteiger partial charge is 0.352 e. The Kier molecular flexibility index (Phi) is 7.24. The molecule has 0 heterocycles. The second-order valence-electron chi connectivity index (χ2n) is 6.59. The minimum absolute atomic E-state index is 0.0792. The smallest absolute Gasteiger partial charge is 0.235 e. The molecule has 134 valence electrons. The first-order valence-corrected chi connectivity index (χ1v) is 10.6. The molecular weight excluding hydrogens is 324 g/mol. The molecular formula is C18H28N2O3S. The maximum atomic E-state index is 12.2. The number of carbonyl (C=O) groups excluding carboxylic acids is 1. The number of rotatable bonds is 8. The summed E-state index contributed by atoms with van der Waals surface area (Å²) in [5.41, 5.74) is 1.18. The van der Waals surface area contributed by atoms with Crippen molar-refractivity contribution in [3.63, 3.8) is 0 Å². The first-order valence-electron chi connectivity index (χ1n) is 8.73. The summed E-state index contributed by atoms with van der Waals surface area (Å²) < 4.78 is 25.2. The highest BCUT2D eigenvalue weighted by molar-refractivity contribution is 7.88. The van der Waals surface area contributed by atoms with Gasteiger partial charge >= 0.3 is 0 Å². The van der Waals surface area contributed by atoms with Crippen LogP contribution in [-0.2, 0) is 21.2 Å². The predicted octanol–water partition coefficient (Wildman–Crippen LogP) is 2.33. The van der Waals surface area contributed by atoms with E-state index in [2.05, 4.69) is 5.32 Å². The Bertz CT molecular complexity index is 610. The minimum atomic E-state index is -3.38. The molecule has 0 atom stereocenters. The zero-order valence-electron chi connectivity index (χ0n) is 14.4. The van der Waals surface area contributed by atoms with Gasteiger partial charge in [0.1, 0.15) is 0 Å². The Morgan fingerprint density at radius 2 is 1.83 bits per heavy atom. The van der Waals surface area contributed by atoms with Crippen molar-refractivity contribution in [2.75, 3.05) is 19.3 Å². The number of amides is 1. The molecule has 6 heteroatoms. The summed E-state index contributed by atoms with van der Waals surface area (Å²) in [6.07, 6.45) is 8.17. The van der Waals surface area contributed by atoms with Crippen LogP contribution in [-0.4, -0.2) is 44.0 Å². The van der Waals surface area contributed by atoms with Crippen molar-refractivity contribution in [3.8, 4) is 0 Å². The highest BCUT2D eigenvalue weighted by Crippen LogP contribution is 2.17. The van der Waals surface area contributed by atoms with Gasteiger partial charge in [0.15, 0.2) is 0 Å². The van der Waals surface area contributed by atoms with E-state index in [1.165, 1.54) is 22.5 Å². The van der Waals surface area contributed by atoms with E-state index in [9.17, 15) is 13.2 Å². The number of benzene rings is 1. The summed E-state index contributed by atoms with van der Waals surface area (Å²) in [7, 11) is -3.38. The van der Waals surface area contributed by atoms with Gasteiger partial charge in [-0.05, 0) is 31.2 Å². The van der Waals surface area contributed by atoms with Crippen molar-refractivity contribution in [2.45, 2.75) is 51.0 Å². The van der Waals surface area contributed by atoms with Crippen molar-refractivity contribution in [3.05, 3.63) is 35.9 Å². The van der Waals surface area contributed by atoms with Gasteiger partial charge in [-0.1, -0.05) is 49.6 Å². The van der Waals surface area contributed by atoms with Gasteiger partial charge in [0, 0.05) is 12.6 Å². The van der Waals surface area contributed by atoms with E-state index in [0.717, 1.165) is 32.1 Å². The first kappa shape index (κ1) is 18.9. The number of nitrogens with zero attached hydrogens (tertiary/aromatic N) is 1. The molecule has 1 fully saturated rings. The molecule has 1 N–H and O–H groups in total. The summed E-state index contributed by atoms with van der Waals surface area (Å²) >= 11 is 0. The summed E-state index contributed by atoms with van der Waals surface area (Å²) in [5, 5.41) is 2.98. The third-order valence-electron chi connectivity index (χ3n) is 4.48. The van der Waals surface area contributed by atoms with Crippen molar-refractivity contribution >= 4 is 15.9 Å². The van der Waals surface area contributed by atoms with Gasteiger partial charge in [0.2, 0.25) is 15.9 Å². The van der Waals surface area contributed by atoms with Gasteiger partial charge in [-0.15, -0.1) is 0 Å². The van der Waals surface area contributed by atoms with Crippen molar-refractivity contribution in [1.29, 1.82) is 0 Å². The van der Waals surface area contributed by atoms with E-state index >= 15 is 0 Å². The summed E-state index contributed by atoms with van der Waals surface area (Å²) in [6, 6.07) is 10.2. The van der Waals surface area contributed by atoms with Gasteiger partial charge in [0.05, 0.1) is 12.8 Å². The number of hydrogen-bond donors (Lipinski definition) is 1. The topological polar surface area (TPSA) is 66.5 Å². The van der Waals surface area contributed by atoms with Crippen LogP contribution in [0.15, 0.2) is 30.3 Å². The molecule has 1 amide bonds. The maximum absolute atomic E-state index is 12.2. The van der Waals surface area contributed by atoms with Gasteiger partial charge in [-0.2, -0.15) is 4.31 Å². The fraction of sp³-hybridized carbons (Fsp3) is 0.611. The monoisotopic (exact) mass is 352 g/mol. The van der Waals surface area contributed by atoms with Crippen LogP contribution >= 0.6 is 0 Å². The van der Waals surface area contributed by atoms with Crippen molar-refractivity contribution in [2.24, 2.45) is 0 Å². The van der Waals surface area contributed by atoms with Crippen LogP contribution in [0.2, 0.25) is 0 Å². The average Bonchev–Trinajstić information content (AvgIpc) is 2.55. The Balaban J connectivity index is 1.82. The van der Waals surface area contributed by atoms with Crippen LogP contribution in [0.1, 0.15) is 44.1 Å². The molecule has 24 heavy (non-hydrogen) atoms. The molecule has 1 aromatic carbocycles. The first-order chi connectivity index (χ1) is 11.4. The van der Waals surface area contributed by atoms with E-state index in [4.69, 9.17) is 0 Å². The Morgan fingerprint density at radius 1 is 1.17 bits per heavy atom. The zero-order chi connectivity index (χ0) is 17.4. The van der Waals surface area contributed by atoms with Gasteiger partial charge < -0.3 is 5.32 Å². The Morgan fingerprint density at radius 3 is 2.46 bits per heavy atom. The summed E-state index contributed by atoms with van der Waals surface area (Å²) in [5.74, 6) is -0.188. The summed E-state index contributed by atoms with van der Waals surface area (Å²) in [4.78, 5) is 12.2. The number of sulfonamides is 1. The second-order valence-corrected chi connectivity index (χ2v) is 8.57. The number of nitrogens with one attached hydrogen (secondary N) is 1. The summed E-state index contributed by atoms with van der Waals surface area (Å²) in [6.45, 7) is 0.288. The van der Waals surface area contributed by atoms with Gasteiger partial charge in [-0.25, -0.2) is 8.42 Å². The van der Waals surface area contributed by atoms with E-state index < -0.39 is 10.0 Å². The maximum Gasteiger partial charge on any atom is 0.235 e. The average molecular weight is 353 g/mol. The van der Waals surface area contributed by atoms with Crippen LogP contribution in [0.4, 0.5) is 0 Å². The van der Waals surface area contributed by atoms with Gasteiger partial charge in [-0.3, -0.25) is 4.79 Å². The molecule has 0 saturated heterocycles. The van der Waals surface area contributed by atoms with Crippen molar-refractivity contribution < 1.29 is 13.2 Å². The quantitative estimate of drug-likeness (QED) is 0.781. The Labute approximate surface area is 145 Å². The molecule has 5 nitrogen and oxygen atoms in total. The molecule has 1 aromatic rings. The third kappa shape index (κ3) is 6.61. The fourth-order valence-electron chi connectivity index (χ4n) is 3.15. The molecule has 1 saturated carbocycles. The molecule has 0 unspecified atom stereocenters. The molecule has 0 aromatic heterocycles. The van der Waals surface area contributed by atoms with Crippen LogP contribution < -0.4 is 5.32 Å². The normalized spacial score (nSPS) is 16.2. The lowest BCUT2D eigenvalue weighted by atomic mass is 9.95. The molecule has 1 aliphatic carbocycles. The van der Waals surface area contributed by atoms with E-state index in [1.807, 2.05) is 30.3 Å². The molecule has 0 spiro atoms. The second kappa shape index (κ2) is 9.18. The molecule has 0 aliphatic heterocycles. The SMILES string of the molecule is CS(=O)(=O)N(CCCc1ccccc1)CC(=O)NC1CCCCC1. The lowest BCUT2D eigenvalue weighted by Crippen LogP contribution is -2.44. The highest BCUT2D eigenvalue weighted by atomic mass is 32.2. The Hall–Kier alpha value is -1.40.